The van der Waals surface area contributed by atoms with E-state index in [1.165, 1.54) is 6.92 Å². The Kier molecular flexibility index (Phi) is 6.24. The number of hydrogen-bond donors (Lipinski definition) is 1. The third-order valence-electron chi connectivity index (χ3n) is 7.34. The summed E-state index contributed by atoms with van der Waals surface area (Å²) >= 11 is 0. The zero-order valence-electron chi connectivity index (χ0n) is 19.0. The highest BCUT2D eigenvalue weighted by Gasteiger charge is 2.54. The van der Waals surface area contributed by atoms with E-state index in [2.05, 4.69) is 18.0 Å². The number of amides is 1. The first-order valence-corrected chi connectivity index (χ1v) is 11.3. The Bertz CT molecular complexity index is 979. The van der Waals surface area contributed by atoms with Crippen molar-refractivity contribution in [2.24, 2.45) is 5.92 Å². The van der Waals surface area contributed by atoms with Crippen molar-refractivity contribution in [2.75, 3.05) is 27.2 Å². The highest BCUT2D eigenvalue weighted by atomic mass is 16.5. The molecule has 0 radical (unpaired) electrons. The molecule has 4 atom stereocenters. The van der Waals surface area contributed by atoms with E-state index in [1.54, 1.807) is 6.07 Å². The first kappa shape index (κ1) is 22.3. The van der Waals surface area contributed by atoms with E-state index in [-0.39, 0.29) is 41.1 Å². The average Bonchev–Trinajstić information content (AvgIpc) is 2.78. The lowest BCUT2D eigenvalue weighted by atomic mass is 9.56. The molecule has 1 amide bonds. The number of benzene rings is 2. The first-order valence-electron chi connectivity index (χ1n) is 11.3. The van der Waals surface area contributed by atoms with Crippen LogP contribution in [-0.4, -0.2) is 66.1 Å². The highest BCUT2D eigenvalue weighted by molar-refractivity contribution is 5.94. The summed E-state index contributed by atoms with van der Waals surface area (Å²) in [6, 6.07) is 16.6. The third-order valence-corrected chi connectivity index (χ3v) is 7.34. The van der Waals surface area contributed by atoms with E-state index in [9.17, 15) is 14.7 Å². The SMILES string of the molecule is CC(=O)OC1C[C@H](N(C)C(=O)c2ccccc2)CC2(c3cccc(O)c3)CCN(C)CC12. The van der Waals surface area contributed by atoms with Gasteiger partial charge in [0.15, 0.2) is 0 Å². The molecule has 6 heteroatoms. The summed E-state index contributed by atoms with van der Waals surface area (Å²) in [5.41, 5.74) is 1.41. The summed E-state index contributed by atoms with van der Waals surface area (Å²) in [6.45, 7) is 3.16. The van der Waals surface area contributed by atoms with Gasteiger partial charge in [0.1, 0.15) is 11.9 Å². The van der Waals surface area contributed by atoms with Crippen molar-refractivity contribution in [3.05, 3.63) is 65.7 Å². The Balaban J connectivity index is 1.74. The van der Waals surface area contributed by atoms with Crippen LogP contribution in [0.15, 0.2) is 54.6 Å². The minimum Gasteiger partial charge on any atom is -0.508 e. The largest absolute Gasteiger partial charge is 0.508 e. The fourth-order valence-electron chi connectivity index (χ4n) is 5.72. The van der Waals surface area contributed by atoms with Gasteiger partial charge in [-0.3, -0.25) is 9.59 Å². The summed E-state index contributed by atoms with van der Waals surface area (Å²) in [7, 11) is 3.94. The lowest BCUT2D eigenvalue weighted by molar-refractivity contribution is -0.158. The van der Waals surface area contributed by atoms with Crippen LogP contribution < -0.4 is 0 Å². The van der Waals surface area contributed by atoms with Crippen molar-refractivity contribution in [2.45, 2.75) is 43.7 Å². The molecule has 170 valence electrons. The van der Waals surface area contributed by atoms with Gasteiger partial charge in [-0.2, -0.15) is 0 Å². The quantitative estimate of drug-likeness (QED) is 0.744. The maximum atomic E-state index is 13.2. The first-order chi connectivity index (χ1) is 15.3. The van der Waals surface area contributed by atoms with Crippen molar-refractivity contribution in [3.63, 3.8) is 0 Å². The van der Waals surface area contributed by atoms with Crippen molar-refractivity contribution in [1.82, 2.24) is 9.80 Å². The van der Waals surface area contributed by atoms with Crippen LogP contribution in [0.4, 0.5) is 0 Å². The monoisotopic (exact) mass is 436 g/mol. The molecule has 32 heavy (non-hydrogen) atoms. The number of phenolic OH excluding ortho intramolecular Hbond substituents is 1. The topological polar surface area (TPSA) is 70.1 Å². The maximum Gasteiger partial charge on any atom is 0.302 e. The molecule has 0 bridgehead atoms. The van der Waals surface area contributed by atoms with Crippen molar-refractivity contribution in [3.8, 4) is 5.75 Å². The second-order valence-corrected chi connectivity index (χ2v) is 9.35. The number of esters is 1. The van der Waals surface area contributed by atoms with E-state index < -0.39 is 0 Å². The van der Waals surface area contributed by atoms with Gasteiger partial charge in [0.05, 0.1) is 0 Å². The van der Waals surface area contributed by atoms with Crippen molar-refractivity contribution >= 4 is 11.9 Å². The smallest absolute Gasteiger partial charge is 0.302 e. The fraction of sp³-hybridized carbons (Fsp3) is 0.462. The molecule has 1 aliphatic carbocycles. The zero-order chi connectivity index (χ0) is 22.9. The van der Waals surface area contributed by atoms with Gasteiger partial charge in [0, 0.05) is 49.9 Å². The van der Waals surface area contributed by atoms with Crippen LogP contribution in [0.25, 0.3) is 0 Å². The van der Waals surface area contributed by atoms with E-state index in [4.69, 9.17) is 4.74 Å². The molecule has 1 saturated heterocycles. The Morgan fingerprint density at radius 2 is 1.91 bits per heavy atom. The molecule has 6 nitrogen and oxygen atoms in total. The van der Waals surface area contributed by atoms with Crippen LogP contribution in [0.1, 0.15) is 42.1 Å². The minimum atomic E-state index is -0.303. The summed E-state index contributed by atoms with van der Waals surface area (Å²) in [6.07, 6.45) is 1.94. The Morgan fingerprint density at radius 3 is 2.59 bits per heavy atom. The van der Waals surface area contributed by atoms with Crippen LogP contribution in [-0.2, 0) is 14.9 Å². The van der Waals surface area contributed by atoms with E-state index >= 15 is 0 Å². The molecule has 2 aliphatic rings. The standard InChI is InChI=1S/C26H32N2O4/c1-18(29)32-24-15-21(28(3)25(31)19-8-5-4-6-9-19)16-26(12-13-27(2)17-23(24)26)20-10-7-11-22(30)14-20/h4-11,14,21,23-24,30H,12-13,15-17H2,1-3H3/t21-,23?,24?,26?/m0/s1. The number of hydrogen-bond acceptors (Lipinski definition) is 5. The zero-order valence-corrected chi connectivity index (χ0v) is 19.0. The van der Waals surface area contributed by atoms with Gasteiger partial charge in [-0.25, -0.2) is 0 Å². The maximum absolute atomic E-state index is 13.2. The second-order valence-electron chi connectivity index (χ2n) is 9.35. The summed E-state index contributed by atoms with van der Waals surface area (Å²) in [4.78, 5) is 29.4. The van der Waals surface area contributed by atoms with Gasteiger partial charge < -0.3 is 19.6 Å². The Morgan fingerprint density at radius 1 is 1.16 bits per heavy atom. The third kappa shape index (κ3) is 4.24. The number of fused-ring (bicyclic) bond motifs is 1. The number of carbonyl (C=O) groups excluding carboxylic acids is 2. The van der Waals surface area contributed by atoms with Crippen molar-refractivity contribution in [1.29, 1.82) is 0 Å². The van der Waals surface area contributed by atoms with E-state index in [1.807, 2.05) is 54.4 Å². The number of aromatic hydroxyl groups is 1. The van der Waals surface area contributed by atoms with E-state index in [0.29, 0.717) is 12.0 Å². The molecule has 0 spiro atoms. The number of piperidine rings is 1. The number of likely N-dealkylation sites (tertiary alicyclic amines) is 1. The molecule has 4 rings (SSSR count). The summed E-state index contributed by atoms with van der Waals surface area (Å²) in [5, 5.41) is 10.2. The molecule has 1 heterocycles. The van der Waals surface area contributed by atoms with Gasteiger partial charge in [-0.15, -0.1) is 0 Å². The minimum absolute atomic E-state index is 0.0328. The molecule has 2 aromatic rings. The average molecular weight is 437 g/mol. The molecule has 2 aromatic carbocycles. The van der Waals surface area contributed by atoms with Gasteiger partial charge in [-0.1, -0.05) is 30.3 Å². The lowest BCUT2D eigenvalue weighted by Gasteiger charge is -2.56. The van der Waals surface area contributed by atoms with Gasteiger partial charge >= 0.3 is 5.97 Å². The van der Waals surface area contributed by atoms with Crippen LogP contribution in [0, 0.1) is 5.92 Å². The van der Waals surface area contributed by atoms with Gasteiger partial charge in [-0.05, 0) is 56.3 Å². The van der Waals surface area contributed by atoms with Gasteiger partial charge in [0.25, 0.3) is 5.91 Å². The van der Waals surface area contributed by atoms with E-state index in [0.717, 1.165) is 31.5 Å². The fourth-order valence-corrected chi connectivity index (χ4v) is 5.72. The number of phenols is 1. The van der Waals surface area contributed by atoms with Crippen LogP contribution >= 0.6 is 0 Å². The van der Waals surface area contributed by atoms with Gasteiger partial charge in [0.2, 0.25) is 0 Å². The second kappa shape index (κ2) is 8.94. The summed E-state index contributed by atoms with van der Waals surface area (Å²) in [5.74, 6) is -0.0156. The molecular weight excluding hydrogens is 404 g/mol. The normalized spacial score (nSPS) is 27.9. The summed E-state index contributed by atoms with van der Waals surface area (Å²) < 4.78 is 5.89. The molecule has 2 fully saturated rings. The molecule has 1 saturated carbocycles. The number of rotatable bonds is 4. The Hall–Kier alpha value is -2.86. The highest BCUT2D eigenvalue weighted by Crippen LogP contribution is 2.51. The molecule has 0 aromatic heterocycles. The molecule has 1 N–H and O–H groups in total. The van der Waals surface area contributed by atoms with Crippen LogP contribution in [0.3, 0.4) is 0 Å². The Labute approximate surface area is 189 Å². The number of ether oxygens (including phenoxy) is 1. The predicted molar refractivity (Wildman–Crippen MR) is 123 cm³/mol. The number of carbonyl (C=O) groups is 2. The van der Waals surface area contributed by atoms with Crippen LogP contribution in [0.5, 0.6) is 5.75 Å². The van der Waals surface area contributed by atoms with Crippen LogP contribution in [0.2, 0.25) is 0 Å². The number of nitrogens with zero attached hydrogens (tertiary/aromatic N) is 2. The molecule has 3 unspecified atom stereocenters. The van der Waals surface area contributed by atoms with Crippen molar-refractivity contribution < 1.29 is 19.4 Å². The lowest BCUT2D eigenvalue weighted by Crippen LogP contribution is -2.61. The predicted octanol–water partition coefficient (Wildman–Crippen LogP) is 3.45. The molecule has 1 aliphatic heterocycles. The molecular formula is C26H32N2O4.